The zero-order valence-corrected chi connectivity index (χ0v) is 10.1. The molecule has 12 nitrogen and oxygen atoms in total. The van der Waals surface area contributed by atoms with Gasteiger partial charge in [-0.2, -0.15) is 0 Å². The fraction of sp³-hybridized carbons (Fsp3) is 0.143. The summed E-state index contributed by atoms with van der Waals surface area (Å²) in [5, 5.41) is 38.7. The van der Waals surface area contributed by atoms with Crippen LogP contribution in [0.2, 0.25) is 0 Å². The van der Waals surface area contributed by atoms with Crippen LogP contribution in [0.4, 0.5) is 5.69 Å². The number of rotatable bonds is 6. The third kappa shape index (κ3) is 2.61. The van der Waals surface area contributed by atoms with Gasteiger partial charge in [0, 0.05) is 17.0 Å². The summed E-state index contributed by atoms with van der Waals surface area (Å²) in [6.07, 6.45) is 0. The van der Waals surface area contributed by atoms with Gasteiger partial charge >= 0.3 is 5.12 Å². The Bertz CT molecular complexity index is 551. The van der Waals surface area contributed by atoms with Crippen LogP contribution in [0.3, 0.4) is 0 Å². The molecule has 1 aromatic rings. The van der Waals surface area contributed by atoms with E-state index in [1.54, 1.807) is 0 Å². The van der Waals surface area contributed by atoms with E-state index in [1.165, 1.54) is 0 Å². The van der Waals surface area contributed by atoms with Gasteiger partial charge in [-0.25, -0.2) is 0 Å². The van der Waals surface area contributed by atoms with Gasteiger partial charge in [0.05, 0.1) is 4.92 Å². The molecule has 0 radical (unpaired) electrons. The van der Waals surface area contributed by atoms with E-state index in [0.717, 1.165) is 24.3 Å². The first-order valence-corrected chi connectivity index (χ1v) is 5.40. The summed E-state index contributed by atoms with van der Waals surface area (Å²) < 4.78 is 0. The molecule has 0 atom stereocenters. The summed E-state index contributed by atoms with van der Waals surface area (Å²) in [6, 6.07) is 3.75. The number of nitro benzene ring substituents is 1. The predicted molar refractivity (Wildman–Crippen MR) is 62.7 cm³/mol. The van der Waals surface area contributed by atoms with Gasteiger partial charge in [0.1, 0.15) is 11.8 Å². The van der Waals surface area contributed by atoms with Gasteiger partial charge in [-0.1, -0.05) is 0 Å². The van der Waals surface area contributed by atoms with E-state index in [9.17, 15) is 40.5 Å². The number of nitrogens with zero attached hydrogens (tertiary/aromatic N) is 4. The second-order valence-corrected chi connectivity index (χ2v) is 4.42. The summed E-state index contributed by atoms with van der Waals surface area (Å²) in [7, 11) is 0. The first-order chi connectivity index (χ1) is 9.21. The standard InChI is InChI=1S/C7H4N4O8S/c12-8(13)5-1-3-6(4-2-5)20-7(9(14)15,10(16)17)11(18)19/h1-4H. The average Bonchev–Trinajstić information content (AvgIpc) is 2.35. The molecule has 0 unspecified atom stereocenters. The van der Waals surface area contributed by atoms with Crippen LogP contribution in [0.1, 0.15) is 0 Å². The fourth-order valence-electron chi connectivity index (χ4n) is 1.11. The van der Waals surface area contributed by atoms with Crippen LogP contribution in [-0.4, -0.2) is 24.8 Å². The highest BCUT2D eigenvalue weighted by molar-refractivity contribution is 8.00. The number of benzene rings is 1. The zero-order chi connectivity index (χ0) is 15.5. The predicted octanol–water partition coefficient (Wildman–Crippen LogP) is 1.13. The molecule has 0 N–H and O–H groups in total. The topological polar surface area (TPSA) is 173 Å². The van der Waals surface area contributed by atoms with E-state index < -0.39 is 24.8 Å². The third-order valence-corrected chi connectivity index (χ3v) is 3.24. The lowest BCUT2D eigenvalue weighted by molar-refractivity contribution is -0.934. The van der Waals surface area contributed by atoms with Gasteiger partial charge in [0.15, 0.2) is 14.8 Å². The van der Waals surface area contributed by atoms with Crippen LogP contribution in [0.5, 0.6) is 0 Å². The van der Waals surface area contributed by atoms with E-state index in [0.29, 0.717) is 0 Å². The molecule has 0 fully saturated rings. The zero-order valence-electron chi connectivity index (χ0n) is 9.27. The van der Waals surface area contributed by atoms with Crippen LogP contribution >= 0.6 is 11.8 Å². The minimum Gasteiger partial charge on any atom is -0.258 e. The normalized spacial score (nSPS) is 10.8. The first kappa shape index (κ1) is 15.2. The maximum Gasteiger partial charge on any atom is 0.758 e. The highest BCUT2D eigenvalue weighted by atomic mass is 32.2. The summed E-state index contributed by atoms with van der Waals surface area (Å²) in [4.78, 5) is 36.5. The Kier molecular flexibility index (Phi) is 4.14. The van der Waals surface area contributed by atoms with Crippen molar-refractivity contribution in [3.05, 3.63) is 64.7 Å². The summed E-state index contributed by atoms with van der Waals surface area (Å²) in [5.41, 5.74) is -0.358. The van der Waals surface area contributed by atoms with Gasteiger partial charge in [-0.05, 0) is 12.1 Å². The highest BCUT2D eigenvalue weighted by Gasteiger charge is 2.72. The quantitative estimate of drug-likeness (QED) is 0.323. The van der Waals surface area contributed by atoms with Crippen LogP contribution in [0, 0.1) is 40.5 Å². The molecule has 20 heavy (non-hydrogen) atoms. The Morgan fingerprint density at radius 2 is 1.20 bits per heavy atom. The van der Waals surface area contributed by atoms with E-state index in [4.69, 9.17) is 0 Å². The SMILES string of the molecule is O=[N+]([O-])c1ccc(SC([N+](=O)[O-])([N+](=O)[O-])[N+](=O)[O-])cc1. The van der Waals surface area contributed by atoms with Crippen LogP contribution < -0.4 is 0 Å². The molecule has 0 saturated carbocycles. The maximum atomic E-state index is 10.7. The van der Waals surface area contributed by atoms with Crippen molar-refractivity contribution in [3.8, 4) is 0 Å². The third-order valence-electron chi connectivity index (χ3n) is 2.02. The van der Waals surface area contributed by atoms with E-state index in [-0.39, 0.29) is 22.3 Å². The Morgan fingerprint density at radius 1 is 0.800 bits per heavy atom. The van der Waals surface area contributed by atoms with Crippen molar-refractivity contribution in [2.24, 2.45) is 0 Å². The van der Waals surface area contributed by atoms with Crippen LogP contribution in [-0.2, 0) is 0 Å². The molecule has 106 valence electrons. The monoisotopic (exact) mass is 304 g/mol. The lowest BCUT2D eigenvalue weighted by atomic mass is 10.3. The molecule has 1 aromatic carbocycles. The van der Waals surface area contributed by atoms with E-state index in [2.05, 4.69) is 0 Å². The fourth-order valence-corrected chi connectivity index (χ4v) is 1.92. The Balaban J connectivity index is 3.20. The highest BCUT2D eigenvalue weighted by Crippen LogP contribution is 2.35. The van der Waals surface area contributed by atoms with E-state index >= 15 is 0 Å². The van der Waals surface area contributed by atoms with Crippen molar-refractivity contribution in [3.63, 3.8) is 0 Å². The van der Waals surface area contributed by atoms with Gasteiger partial charge < -0.3 is 0 Å². The first-order valence-electron chi connectivity index (χ1n) is 4.58. The van der Waals surface area contributed by atoms with Crippen molar-refractivity contribution in [2.75, 3.05) is 0 Å². The molecule has 0 spiro atoms. The smallest absolute Gasteiger partial charge is 0.258 e. The van der Waals surface area contributed by atoms with Gasteiger partial charge in [0.25, 0.3) is 5.69 Å². The molecule has 0 saturated heterocycles. The van der Waals surface area contributed by atoms with Crippen LogP contribution in [0.15, 0.2) is 29.2 Å². The lowest BCUT2D eigenvalue weighted by Gasteiger charge is -2.07. The molecule has 0 bridgehead atoms. The number of non-ortho nitro benzene ring substituents is 1. The van der Waals surface area contributed by atoms with Crippen molar-refractivity contribution in [1.29, 1.82) is 0 Å². The number of nitro groups is 4. The maximum absolute atomic E-state index is 10.7. The second kappa shape index (κ2) is 5.43. The molecule has 1 rings (SSSR count). The lowest BCUT2D eigenvalue weighted by Crippen LogP contribution is -2.50. The van der Waals surface area contributed by atoms with Gasteiger partial charge in [0.2, 0.25) is 0 Å². The molecule has 0 aliphatic heterocycles. The second-order valence-electron chi connectivity index (χ2n) is 3.20. The molecule has 0 heterocycles. The van der Waals surface area contributed by atoms with Crippen molar-refractivity contribution >= 4 is 17.4 Å². The van der Waals surface area contributed by atoms with Crippen molar-refractivity contribution < 1.29 is 19.7 Å². The number of hydrogen-bond acceptors (Lipinski definition) is 9. The molecule has 13 heteroatoms. The molecular weight excluding hydrogens is 300 g/mol. The number of thioether (sulfide) groups is 1. The molecular formula is C7H4N4O8S. The summed E-state index contributed by atoms with van der Waals surface area (Å²) >= 11 is -0.239. The Hall–Kier alpha value is -2.83. The van der Waals surface area contributed by atoms with Crippen molar-refractivity contribution in [2.45, 2.75) is 10.0 Å². The molecule has 0 aromatic heterocycles. The minimum absolute atomic E-state index is 0.222. The van der Waals surface area contributed by atoms with Gasteiger partial charge in [-0.15, -0.1) is 0 Å². The van der Waals surface area contributed by atoms with Crippen LogP contribution in [0.25, 0.3) is 0 Å². The minimum atomic E-state index is -3.70. The number of hydrogen-bond donors (Lipinski definition) is 0. The molecule has 0 amide bonds. The van der Waals surface area contributed by atoms with E-state index in [1.807, 2.05) is 0 Å². The summed E-state index contributed by atoms with van der Waals surface area (Å²) in [6.45, 7) is 0. The Labute approximate surface area is 113 Å². The van der Waals surface area contributed by atoms with Gasteiger partial charge in [-0.3, -0.25) is 40.5 Å². The largest absolute Gasteiger partial charge is 0.758 e. The Morgan fingerprint density at radius 3 is 1.50 bits per heavy atom. The molecule has 0 aliphatic carbocycles. The summed E-state index contributed by atoms with van der Waals surface area (Å²) in [5.74, 6) is 0. The average molecular weight is 304 g/mol. The van der Waals surface area contributed by atoms with Crippen molar-refractivity contribution in [1.82, 2.24) is 0 Å². The molecule has 0 aliphatic rings.